The van der Waals surface area contributed by atoms with Crippen molar-refractivity contribution in [2.75, 3.05) is 0 Å². The van der Waals surface area contributed by atoms with Gasteiger partial charge >= 0.3 is 5.97 Å². The average molecular weight is 142 g/mol. The first kappa shape index (κ1) is 7.58. The molecule has 2 nitrogen and oxygen atoms in total. The zero-order valence-electron chi connectivity index (χ0n) is 6.34. The summed E-state index contributed by atoms with van der Waals surface area (Å²) < 4.78 is 0. The first-order valence-corrected chi connectivity index (χ1v) is 3.93. The van der Waals surface area contributed by atoms with Gasteiger partial charge in [0.05, 0.1) is 5.92 Å². The van der Waals surface area contributed by atoms with E-state index in [4.69, 9.17) is 5.11 Å². The van der Waals surface area contributed by atoms with Gasteiger partial charge in [-0.05, 0) is 12.3 Å². The molecule has 1 aliphatic rings. The van der Waals surface area contributed by atoms with Gasteiger partial charge in [-0.25, -0.2) is 0 Å². The number of hydrogen-bond acceptors (Lipinski definition) is 1. The van der Waals surface area contributed by atoms with Gasteiger partial charge in [-0.2, -0.15) is 0 Å². The van der Waals surface area contributed by atoms with Crippen LogP contribution in [0.3, 0.4) is 0 Å². The summed E-state index contributed by atoms with van der Waals surface area (Å²) in [6.45, 7) is 1.79. The summed E-state index contributed by atoms with van der Waals surface area (Å²) in [5, 5.41) is 8.55. The molecule has 0 aromatic heterocycles. The summed E-state index contributed by atoms with van der Waals surface area (Å²) in [5.41, 5.74) is 0. The smallest absolute Gasteiger partial charge is 0.306 e. The van der Waals surface area contributed by atoms with Gasteiger partial charge < -0.3 is 5.11 Å². The van der Waals surface area contributed by atoms with Crippen molar-refractivity contribution in [3.05, 3.63) is 0 Å². The van der Waals surface area contributed by atoms with Crippen LogP contribution in [0.2, 0.25) is 0 Å². The van der Waals surface area contributed by atoms with E-state index in [1.54, 1.807) is 6.92 Å². The van der Waals surface area contributed by atoms with E-state index in [0.717, 1.165) is 6.42 Å². The fourth-order valence-electron chi connectivity index (χ4n) is 1.33. The van der Waals surface area contributed by atoms with Crippen LogP contribution < -0.4 is 0 Å². The van der Waals surface area contributed by atoms with Crippen molar-refractivity contribution in [3.8, 4) is 0 Å². The molecule has 1 N–H and O–H groups in total. The maximum absolute atomic E-state index is 10.4. The van der Waals surface area contributed by atoms with E-state index in [1.165, 1.54) is 19.3 Å². The summed E-state index contributed by atoms with van der Waals surface area (Å²) in [4.78, 5) is 10.4. The third kappa shape index (κ3) is 1.72. The molecule has 58 valence electrons. The zero-order valence-corrected chi connectivity index (χ0v) is 6.34. The van der Waals surface area contributed by atoms with Gasteiger partial charge in [0.25, 0.3) is 0 Å². The molecule has 0 unspecified atom stereocenters. The van der Waals surface area contributed by atoms with E-state index in [9.17, 15) is 4.79 Å². The molecule has 1 atom stereocenters. The Morgan fingerprint density at radius 2 is 2.30 bits per heavy atom. The van der Waals surface area contributed by atoms with Crippen LogP contribution in [0.4, 0.5) is 0 Å². The highest BCUT2D eigenvalue weighted by molar-refractivity contribution is 5.69. The maximum atomic E-state index is 10.4. The van der Waals surface area contributed by atoms with E-state index in [1.807, 2.05) is 0 Å². The van der Waals surface area contributed by atoms with Crippen LogP contribution in [-0.4, -0.2) is 11.1 Å². The lowest BCUT2D eigenvalue weighted by molar-refractivity contribution is -0.141. The predicted molar refractivity (Wildman–Crippen MR) is 38.8 cm³/mol. The Morgan fingerprint density at radius 3 is 2.60 bits per heavy atom. The van der Waals surface area contributed by atoms with Gasteiger partial charge in [0.2, 0.25) is 0 Å². The second-order valence-corrected chi connectivity index (χ2v) is 3.27. The number of carboxylic acids is 1. The van der Waals surface area contributed by atoms with E-state index >= 15 is 0 Å². The minimum atomic E-state index is -0.646. The molecule has 2 heteroatoms. The molecule has 0 heterocycles. The molecule has 0 aromatic carbocycles. The molecule has 0 amide bonds. The van der Waals surface area contributed by atoms with Crippen molar-refractivity contribution in [2.45, 2.75) is 32.6 Å². The molecule has 1 fully saturated rings. The van der Waals surface area contributed by atoms with Crippen LogP contribution in [0.1, 0.15) is 32.6 Å². The van der Waals surface area contributed by atoms with E-state index in [2.05, 4.69) is 0 Å². The summed E-state index contributed by atoms with van der Waals surface area (Å²) in [6, 6.07) is 0. The van der Waals surface area contributed by atoms with Crippen LogP contribution in [0.25, 0.3) is 0 Å². The highest BCUT2D eigenvalue weighted by Gasteiger charge is 2.22. The fraction of sp³-hybridized carbons (Fsp3) is 0.875. The standard InChI is InChI=1S/C8H14O2/c1-6(8(9)10)5-7-3-2-4-7/h6-7H,2-5H2,1H3,(H,9,10)/t6-/m1/s1. The number of rotatable bonds is 3. The second-order valence-electron chi connectivity index (χ2n) is 3.27. The SMILES string of the molecule is C[C@H](CC1CCC1)C(=O)O. The van der Waals surface area contributed by atoms with Crippen LogP contribution >= 0.6 is 0 Å². The van der Waals surface area contributed by atoms with Crippen LogP contribution in [0.5, 0.6) is 0 Å². The van der Waals surface area contributed by atoms with Crippen LogP contribution in [-0.2, 0) is 4.79 Å². The zero-order chi connectivity index (χ0) is 7.56. The number of carbonyl (C=O) groups is 1. The molecule has 0 saturated heterocycles. The van der Waals surface area contributed by atoms with Crippen molar-refractivity contribution in [1.82, 2.24) is 0 Å². The molecule has 0 aromatic rings. The van der Waals surface area contributed by atoms with Crippen molar-refractivity contribution in [2.24, 2.45) is 11.8 Å². The van der Waals surface area contributed by atoms with Gasteiger partial charge in [0, 0.05) is 0 Å². The van der Waals surface area contributed by atoms with Gasteiger partial charge in [0.1, 0.15) is 0 Å². The third-order valence-corrected chi connectivity index (χ3v) is 2.33. The molecule has 10 heavy (non-hydrogen) atoms. The van der Waals surface area contributed by atoms with E-state index in [0.29, 0.717) is 5.92 Å². The molecule has 0 spiro atoms. The van der Waals surface area contributed by atoms with Crippen molar-refractivity contribution in [1.29, 1.82) is 0 Å². The third-order valence-electron chi connectivity index (χ3n) is 2.33. The Hall–Kier alpha value is -0.530. The summed E-state index contributed by atoms with van der Waals surface area (Å²) in [7, 11) is 0. The average Bonchev–Trinajstić information content (AvgIpc) is 1.77. The molecule has 0 radical (unpaired) electrons. The summed E-state index contributed by atoms with van der Waals surface area (Å²) >= 11 is 0. The Bertz CT molecular complexity index is 127. The largest absolute Gasteiger partial charge is 0.481 e. The van der Waals surface area contributed by atoms with Gasteiger partial charge in [-0.1, -0.05) is 26.2 Å². The first-order valence-electron chi connectivity index (χ1n) is 3.93. The lowest BCUT2D eigenvalue weighted by atomic mass is 9.79. The monoisotopic (exact) mass is 142 g/mol. The number of aliphatic carboxylic acids is 1. The molecular formula is C8H14O2. The quantitative estimate of drug-likeness (QED) is 0.653. The predicted octanol–water partition coefficient (Wildman–Crippen LogP) is 1.90. The topological polar surface area (TPSA) is 37.3 Å². The minimum absolute atomic E-state index is 0.134. The van der Waals surface area contributed by atoms with Crippen molar-refractivity contribution >= 4 is 5.97 Å². The Labute approximate surface area is 61.2 Å². The van der Waals surface area contributed by atoms with E-state index < -0.39 is 5.97 Å². The molecular weight excluding hydrogens is 128 g/mol. The molecule has 1 saturated carbocycles. The Morgan fingerprint density at radius 1 is 1.70 bits per heavy atom. The lowest BCUT2D eigenvalue weighted by Gasteiger charge is -2.26. The highest BCUT2D eigenvalue weighted by atomic mass is 16.4. The maximum Gasteiger partial charge on any atom is 0.306 e. The molecule has 1 aliphatic carbocycles. The normalized spacial score (nSPS) is 21.7. The number of carboxylic acid groups (broad SMARTS) is 1. The van der Waals surface area contributed by atoms with E-state index in [-0.39, 0.29) is 5.92 Å². The first-order chi connectivity index (χ1) is 4.70. The van der Waals surface area contributed by atoms with Crippen molar-refractivity contribution < 1.29 is 9.90 Å². The van der Waals surface area contributed by atoms with Gasteiger partial charge in [0.15, 0.2) is 0 Å². The number of hydrogen-bond donors (Lipinski definition) is 1. The fourth-order valence-corrected chi connectivity index (χ4v) is 1.33. The van der Waals surface area contributed by atoms with Crippen molar-refractivity contribution in [3.63, 3.8) is 0 Å². The summed E-state index contributed by atoms with van der Waals surface area (Å²) in [5.74, 6) is -0.0664. The molecule has 0 bridgehead atoms. The Balaban J connectivity index is 2.16. The molecule has 1 rings (SSSR count). The highest BCUT2D eigenvalue weighted by Crippen LogP contribution is 2.31. The second kappa shape index (κ2) is 3.04. The summed E-state index contributed by atoms with van der Waals surface area (Å²) in [6.07, 6.45) is 4.68. The van der Waals surface area contributed by atoms with Crippen LogP contribution in [0.15, 0.2) is 0 Å². The molecule has 0 aliphatic heterocycles. The van der Waals surface area contributed by atoms with Gasteiger partial charge in [-0.15, -0.1) is 0 Å². The van der Waals surface area contributed by atoms with Crippen LogP contribution in [0, 0.1) is 11.8 Å². The van der Waals surface area contributed by atoms with Gasteiger partial charge in [-0.3, -0.25) is 4.79 Å². The minimum Gasteiger partial charge on any atom is -0.481 e. The lowest BCUT2D eigenvalue weighted by Crippen LogP contribution is -2.19. The Kier molecular flexibility index (Phi) is 2.30.